The number of rotatable bonds is 38. The Kier molecular flexibility index (Phi) is 39.6. The van der Waals surface area contributed by atoms with Crippen molar-refractivity contribution in [2.45, 2.75) is 207 Å². The molecule has 0 aromatic rings. The number of esters is 3. The number of hydrogen-bond donors (Lipinski definition) is 0. The van der Waals surface area contributed by atoms with Gasteiger partial charge in [0.15, 0.2) is 6.10 Å². The Labute approximate surface area is 326 Å². The molecule has 0 rings (SSSR count). The van der Waals surface area contributed by atoms with Crippen LogP contribution in [0.1, 0.15) is 201 Å². The maximum absolute atomic E-state index is 12.7. The van der Waals surface area contributed by atoms with Gasteiger partial charge in [0.1, 0.15) is 13.2 Å². The number of carbonyl (C=O) groups is 3. The van der Waals surface area contributed by atoms with Crippen LogP contribution in [0.15, 0.2) is 60.8 Å². The van der Waals surface area contributed by atoms with Crippen molar-refractivity contribution in [2.24, 2.45) is 0 Å². The summed E-state index contributed by atoms with van der Waals surface area (Å²) < 4.78 is 16.6. The average Bonchev–Trinajstić information content (AvgIpc) is 3.15. The molecule has 0 radical (unpaired) electrons. The Morgan fingerprint density at radius 2 is 0.736 bits per heavy atom. The highest BCUT2D eigenvalue weighted by Gasteiger charge is 2.19. The molecular formula is C47H80O6. The third kappa shape index (κ3) is 40.1. The van der Waals surface area contributed by atoms with Crippen LogP contribution in [-0.2, 0) is 28.6 Å². The fourth-order valence-corrected chi connectivity index (χ4v) is 5.65. The molecule has 0 aromatic heterocycles. The molecule has 0 amide bonds. The van der Waals surface area contributed by atoms with Gasteiger partial charge in [-0.25, -0.2) is 0 Å². The van der Waals surface area contributed by atoms with Gasteiger partial charge in [0.05, 0.1) is 0 Å². The second-order valence-electron chi connectivity index (χ2n) is 14.2. The molecule has 53 heavy (non-hydrogen) atoms. The Hall–Kier alpha value is -2.89. The number of hydrogen-bond acceptors (Lipinski definition) is 6. The molecule has 0 saturated carbocycles. The van der Waals surface area contributed by atoms with Gasteiger partial charge in [0.25, 0.3) is 0 Å². The first kappa shape index (κ1) is 50.1. The zero-order valence-electron chi connectivity index (χ0n) is 34.5. The van der Waals surface area contributed by atoms with Gasteiger partial charge in [-0.05, 0) is 89.9 Å². The number of ether oxygens (including phenoxy) is 3. The van der Waals surface area contributed by atoms with Crippen molar-refractivity contribution >= 4 is 17.9 Å². The highest BCUT2D eigenvalue weighted by Crippen LogP contribution is 2.12. The van der Waals surface area contributed by atoms with Crippen LogP contribution >= 0.6 is 0 Å². The molecule has 0 aliphatic rings. The summed E-state index contributed by atoms with van der Waals surface area (Å²) in [7, 11) is 0. The summed E-state index contributed by atoms with van der Waals surface area (Å²) in [6.07, 6.45) is 49.2. The van der Waals surface area contributed by atoms with Crippen LogP contribution in [0.3, 0.4) is 0 Å². The standard InChI is InChI=1S/C47H80O6/c1-4-7-10-13-16-19-22-23-24-26-28-31-34-37-40-46(49)52-43-44(42-51-45(48)39-36-33-30-27-21-18-15-12-9-6-3)53-47(50)41-38-35-32-29-25-20-17-14-11-8-5-2/h7,10,14-19,23-24,44H,4-6,8-9,11-13,20-22,25-43H2,1-3H3/b10-7-,17-14-,18-15-,19-16-,24-23-. The molecule has 0 aliphatic heterocycles. The second-order valence-corrected chi connectivity index (χ2v) is 14.2. The molecule has 0 bridgehead atoms. The molecule has 304 valence electrons. The quantitative estimate of drug-likeness (QED) is 0.0271. The van der Waals surface area contributed by atoms with Crippen LogP contribution in [0.4, 0.5) is 0 Å². The van der Waals surface area contributed by atoms with Crippen molar-refractivity contribution in [1.82, 2.24) is 0 Å². The van der Waals surface area contributed by atoms with Gasteiger partial charge in [-0.1, -0.05) is 152 Å². The normalized spacial score (nSPS) is 12.6. The zero-order chi connectivity index (χ0) is 38.7. The van der Waals surface area contributed by atoms with E-state index in [1.807, 2.05) is 0 Å². The summed E-state index contributed by atoms with van der Waals surface area (Å²) in [6.45, 7) is 6.38. The molecule has 1 atom stereocenters. The summed E-state index contributed by atoms with van der Waals surface area (Å²) >= 11 is 0. The number of unbranched alkanes of at least 4 members (excludes halogenated alkanes) is 17. The van der Waals surface area contributed by atoms with Crippen molar-refractivity contribution in [3.05, 3.63) is 60.8 Å². The highest BCUT2D eigenvalue weighted by atomic mass is 16.6. The SMILES string of the molecule is CC/C=C\C/C=C\C/C=C\CCCCCCC(=O)OCC(COC(=O)CCCCCC/C=C\CCCC)OC(=O)CCCCCCC/C=C\CCCC. The van der Waals surface area contributed by atoms with E-state index in [9.17, 15) is 14.4 Å². The first-order valence-electron chi connectivity index (χ1n) is 21.8. The lowest BCUT2D eigenvalue weighted by atomic mass is 10.1. The summed E-state index contributed by atoms with van der Waals surface area (Å²) in [6, 6.07) is 0. The van der Waals surface area contributed by atoms with Crippen LogP contribution in [-0.4, -0.2) is 37.2 Å². The van der Waals surface area contributed by atoms with E-state index in [1.54, 1.807) is 0 Å². The van der Waals surface area contributed by atoms with E-state index in [0.29, 0.717) is 19.3 Å². The molecule has 0 aromatic carbocycles. The molecule has 1 unspecified atom stereocenters. The maximum atomic E-state index is 12.7. The Morgan fingerprint density at radius 3 is 1.17 bits per heavy atom. The number of carbonyl (C=O) groups excluding carboxylic acids is 3. The van der Waals surface area contributed by atoms with Crippen molar-refractivity contribution in [3.8, 4) is 0 Å². The molecule has 6 nitrogen and oxygen atoms in total. The summed E-state index contributed by atoms with van der Waals surface area (Å²) in [5, 5.41) is 0. The van der Waals surface area contributed by atoms with Gasteiger partial charge in [0, 0.05) is 19.3 Å². The van der Waals surface area contributed by atoms with Gasteiger partial charge in [-0.15, -0.1) is 0 Å². The maximum Gasteiger partial charge on any atom is 0.306 e. The van der Waals surface area contributed by atoms with E-state index >= 15 is 0 Å². The van der Waals surface area contributed by atoms with Gasteiger partial charge in [-0.3, -0.25) is 14.4 Å². The molecule has 0 saturated heterocycles. The van der Waals surface area contributed by atoms with E-state index in [4.69, 9.17) is 14.2 Å². The minimum Gasteiger partial charge on any atom is -0.462 e. The van der Waals surface area contributed by atoms with Crippen LogP contribution in [0.25, 0.3) is 0 Å². The highest BCUT2D eigenvalue weighted by molar-refractivity contribution is 5.71. The van der Waals surface area contributed by atoms with Crippen molar-refractivity contribution in [3.63, 3.8) is 0 Å². The summed E-state index contributed by atoms with van der Waals surface area (Å²) in [5.74, 6) is -0.944. The predicted octanol–water partition coefficient (Wildman–Crippen LogP) is 13.7. The molecule has 0 fully saturated rings. The zero-order valence-corrected chi connectivity index (χ0v) is 34.5. The van der Waals surface area contributed by atoms with Crippen LogP contribution in [0.5, 0.6) is 0 Å². The first-order valence-corrected chi connectivity index (χ1v) is 21.8. The molecule has 6 heteroatoms. The monoisotopic (exact) mass is 741 g/mol. The van der Waals surface area contributed by atoms with Crippen LogP contribution < -0.4 is 0 Å². The van der Waals surface area contributed by atoms with E-state index in [0.717, 1.165) is 122 Å². The Bertz CT molecular complexity index is 991. The third-order valence-corrected chi connectivity index (χ3v) is 8.98. The largest absolute Gasteiger partial charge is 0.462 e. The lowest BCUT2D eigenvalue weighted by Crippen LogP contribution is -2.30. The minimum atomic E-state index is -0.788. The molecule has 0 spiro atoms. The van der Waals surface area contributed by atoms with Gasteiger partial charge < -0.3 is 14.2 Å². The van der Waals surface area contributed by atoms with Crippen molar-refractivity contribution < 1.29 is 28.6 Å². The predicted molar refractivity (Wildman–Crippen MR) is 224 cm³/mol. The lowest BCUT2D eigenvalue weighted by molar-refractivity contribution is -0.167. The second kappa shape index (κ2) is 41.9. The smallest absolute Gasteiger partial charge is 0.306 e. The van der Waals surface area contributed by atoms with Gasteiger partial charge in [0.2, 0.25) is 0 Å². The fraction of sp³-hybridized carbons (Fsp3) is 0.723. The van der Waals surface area contributed by atoms with Crippen LogP contribution in [0.2, 0.25) is 0 Å². The van der Waals surface area contributed by atoms with Gasteiger partial charge in [-0.2, -0.15) is 0 Å². The van der Waals surface area contributed by atoms with Crippen molar-refractivity contribution in [2.75, 3.05) is 13.2 Å². The fourth-order valence-electron chi connectivity index (χ4n) is 5.65. The number of allylic oxidation sites excluding steroid dienone is 10. The molecule has 0 aliphatic carbocycles. The van der Waals surface area contributed by atoms with E-state index in [1.165, 1.54) is 38.5 Å². The van der Waals surface area contributed by atoms with Gasteiger partial charge >= 0.3 is 17.9 Å². The molecular weight excluding hydrogens is 661 g/mol. The lowest BCUT2D eigenvalue weighted by Gasteiger charge is -2.18. The van der Waals surface area contributed by atoms with E-state index < -0.39 is 6.10 Å². The van der Waals surface area contributed by atoms with E-state index in [2.05, 4.69) is 81.5 Å². The third-order valence-electron chi connectivity index (χ3n) is 8.98. The molecule has 0 N–H and O–H groups in total. The van der Waals surface area contributed by atoms with E-state index in [-0.39, 0.29) is 31.1 Å². The Balaban J connectivity index is 4.44. The topological polar surface area (TPSA) is 78.9 Å². The summed E-state index contributed by atoms with van der Waals surface area (Å²) in [5.41, 5.74) is 0. The summed E-state index contributed by atoms with van der Waals surface area (Å²) in [4.78, 5) is 37.6. The minimum absolute atomic E-state index is 0.0919. The van der Waals surface area contributed by atoms with Crippen LogP contribution in [0, 0.1) is 0 Å². The average molecular weight is 741 g/mol. The Morgan fingerprint density at radius 1 is 0.396 bits per heavy atom. The first-order chi connectivity index (χ1) is 26.0. The van der Waals surface area contributed by atoms with Crippen molar-refractivity contribution in [1.29, 1.82) is 0 Å². The molecule has 0 heterocycles.